The number of hydrogen-bond acceptors (Lipinski definition) is 3. The number of thioether (sulfide) groups is 1. The highest BCUT2D eigenvalue weighted by Gasteiger charge is 2.12. The summed E-state index contributed by atoms with van der Waals surface area (Å²) in [5.74, 6) is 2.60. The third-order valence-corrected chi connectivity index (χ3v) is 4.31. The van der Waals surface area contributed by atoms with Gasteiger partial charge in [-0.05, 0) is 56.1 Å². The zero-order valence-electron chi connectivity index (χ0n) is 12.5. The average molecular weight is 310 g/mol. The SMILES string of the molecule is CSCC(C)Cn1c(=S)[nH]c2c(OC(C)C)cccc21. The largest absolute Gasteiger partial charge is 0.489 e. The van der Waals surface area contributed by atoms with Gasteiger partial charge in [0.25, 0.3) is 0 Å². The second-order valence-electron chi connectivity index (χ2n) is 5.42. The Labute approximate surface area is 129 Å². The van der Waals surface area contributed by atoms with Crippen LogP contribution in [0, 0.1) is 10.7 Å². The topological polar surface area (TPSA) is 29.9 Å². The predicted octanol–water partition coefficient (Wildman–Crippen LogP) is 4.49. The van der Waals surface area contributed by atoms with E-state index in [-0.39, 0.29) is 6.10 Å². The van der Waals surface area contributed by atoms with Crippen molar-refractivity contribution in [3.8, 4) is 5.75 Å². The maximum Gasteiger partial charge on any atom is 0.178 e. The number of rotatable bonds is 6. The lowest BCUT2D eigenvalue weighted by Crippen LogP contribution is -2.10. The number of imidazole rings is 1. The standard InChI is InChI=1S/C15H22N2OS2/c1-10(2)18-13-7-5-6-12-14(13)16-15(19)17(12)8-11(3)9-20-4/h5-7,10-11H,8-9H2,1-4H3,(H,16,19). The zero-order valence-corrected chi connectivity index (χ0v) is 14.1. The molecule has 20 heavy (non-hydrogen) atoms. The highest BCUT2D eigenvalue weighted by Crippen LogP contribution is 2.26. The van der Waals surface area contributed by atoms with E-state index in [1.54, 1.807) is 0 Å². The molecule has 1 N–H and O–H groups in total. The molecular formula is C15H22N2OS2. The Hall–Kier alpha value is -0.940. The molecule has 0 spiro atoms. The summed E-state index contributed by atoms with van der Waals surface area (Å²) in [6.07, 6.45) is 2.29. The molecule has 0 fully saturated rings. The van der Waals surface area contributed by atoms with Crippen LogP contribution < -0.4 is 4.74 Å². The van der Waals surface area contributed by atoms with Crippen LogP contribution in [0.4, 0.5) is 0 Å². The Morgan fingerprint density at radius 1 is 1.35 bits per heavy atom. The monoisotopic (exact) mass is 310 g/mol. The molecule has 0 bridgehead atoms. The van der Waals surface area contributed by atoms with Crippen LogP contribution in [0.3, 0.4) is 0 Å². The molecule has 1 heterocycles. The van der Waals surface area contributed by atoms with Crippen LogP contribution >= 0.6 is 24.0 Å². The third-order valence-electron chi connectivity index (χ3n) is 3.08. The van der Waals surface area contributed by atoms with Gasteiger partial charge in [0.1, 0.15) is 11.3 Å². The molecule has 0 aliphatic carbocycles. The van der Waals surface area contributed by atoms with Gasteiger partial charge in [0.05, 0.1) is 11.6 Å². The van der Waals surface area contributed by atoms with Gasteiger partial charge in [-0.3, -0.25) is 0 Å². The van der Waals surface area contributed by atoms with Crippen LogP contribution in [0.1, 0.15) is 20.8 Å². The van der Waals surface area contributed by atoms with Crippen LogP contribution in [-0.2, 0) is 6.54 Å². The van der Waals surface area contributed by atoms with Gasteiger partial charge < -0.3 is 14.3 Å². The van der Waals surface area contributed by atoms with Gasteiger partial charge in [-0.15, -0.1) is 0 Å². The van der Waals surface area contributed by atoms with Crippen LogP contribution in [0.5, 0.6) is 5.75 Å². The number of para-hydroxylation sites is 1. The van der Waals surface area contributed by atoms with E-state index < -0.39 is 0 Å². The average Bonchev–Trinajstić information content (AvgIpc) is 2.67. The molecular weight excluding hydrogens is 288 g/mol. The van der Waals surface area contributed by atoms with Crippen LogP contribution in [0.25, 0.3) is 11.0 Å². The second kappa shape index (κ2) is 6.68. The van der Waals surface area contributed by atoms with Crippen molar-refractivity contribution >= 4 is 35.0 Å². The van der Waals surface area contributed by atoms with E-state index in [0.29, 0.717) is 5.92 Å². The Kier molecular flexibility index (Phi) is 5.16. The van der Waals surface area contributed by atoms with Gasteiger partial charge in [-0.25, -0.2) is 0 Å². The second-order valence-corrected chi connectivity index (χ2v) is 6.72. The number of aromatic nitrogens is 2. The molecule has 5 heteroatoms. The molecule has 0 saturated heterocycles. The lowest BCUT2D eigenvalue weighted by Gasteiger charge is -2.13. The van der Waals surface area contributed by atoms with Crippen molar-refractivity contribution in [1.29, 1.82) is 0 Å². The zero-order chi connectivity index (χ0) is 14.7. The number of nitrogens with one attached hydrogen (secondary N) is 1. The molecule has 0 saturated carbocycles. The van der Waals surface area contributed by atoms with Crippen LogP contribution in [0.15, 0.2) is 18.2 Å². The van der Waals surface area contributed by atoms with E-state index in [9.17, 15) is 0 Å². The van der Waals surface area contributed by atoms with Crippen LogP contribution in [0.2, 0.25) is 0 Å². The number of ether oxygens (including phenoxy) is 1. The number of nitrogens with zero attached hydrogens (tertiary/aromatic N) is 1. The Morgan fingerprint density at radius 3 is 2.75 bits per heavy atom. The Balaban J connectivity index is 2.41. The van der Waals surface area contributed by atoms with Gasteiger partial charge in [0, 0.05) is 6.54 Å². The summed E-state index contributed by atoms with van der Waals surface area (Å²) in [7, 11) is 0. The maximum atomic E-state index is 5.85. The molecule has 0 aliphatic rings. The first-order valence-corrected chi connectivity index (χ1v) is 8.70. The quantitative estimate of drug-likeness (QED) is 0.798. The molecule has 0 radical (unpaired) electrons. The first-order chi connectivity index (χ1) is 9.52. The number of H-pyrrole nitrogens is 1. The summed E-state index contributed by atoms with van der Waals surface area (Å²) in [5.41, 5.74) is 2.13. The molecule has 110 valence electrons. The molecule has 1 unspecified atom stereocenters. The van der Waals surface area contributed by atoms with Gasteiger partial charge in [-0.1, -0.05) is 13.0 Å². The fourth-order valence-corrected chi connectivity index (χ4v) is 3.29. The van der Waals surface area contributed by atoms with Crippen molar-refractivity contribution in [2.45, 2.75) is 33.4 Å². The van der Waals surface area contributed by atoms with Gasteiger partial charge >= 0.3 is 0 Å². The van der Waals surface area contributed by atoms with Gasteiger partial charge in [0.15, 0.2) is 4.77 Å². The van der Waals surface area contributed by atoms with Crippen molar-refractivity contribution in [1.82, 2.24) is 9.55 Å². The van der Waals surface area contributed by atoms with Crippen molar-refractivity contribution in [3.63, 3.8) is 0 Å². The molecule has 1 atom stereocenters. The van der Waals surface area contributed by atoms with E-state index in [1.807, 2.05) is 37.7 Å². The fourth-order valence-electron chi connectivity index (χ4n) is 2.34. The van der Waals surface area contributed by atoms with E-state index in [1.165, 1.54) is 0 Å². The Bertz CT molecular complexity index is 630. The van der Waals surface area contributed by atoms with E-state index >= 15 is 0 Å². The third kappa shape index (κ3) is 3.38. The molecule has 1 aromatic heterocycles. The molecule has 2 aromatic rings. The van der Waals surface area contributed by atoms with E-state index in [2.05, 4.69) is 28.8 Å². The van der Waals surface area contributed by atoms with Crippen molar-refractivity contribution < 1.29 is 4.74 Å². The molecule has 1 aromatic carbocycles. The lowest BCUT2D eigenvalue weighted by molar-refractivity contribution is 0.245. The Morgan fingerprint density at radius 2 is 2.10 bits per heavy atom. The first kappa shape index (κ1) is 15.4. The predicted molar refractivity (Wildman–Crippen MR) is 90.4 cm³/mol. The lowest BCUT2D eigenvalue weighted by atomic mass is 10.2. The van der Waals surface area contributed by atoms with Gasteiger partial charge in [-0.2, -0.15) is 11.8 Å². The summed E-state index contributed by atoms with van der Waals surface area (Å²) in [6, 6.07) is 6.11. The molecule has 0 amide bonds. The number of aromatic amines is 1. The van der Waals surface area contributed by atoms with Crippen LogP contribution in [-0.4, -0.2) is 27.7 Å². The molecule has 2 rings (SSSR count). The number of benzene rings is 1. The molecule has 0 aliphatic heterocycles. The maximum absolute atomic E-state index is 5.85. The fraction of sp³-hybridized carbons (Fsp3) is 0.533. The normalized spacial score (nSPS) is 13.1. The molecule has 3 nitrogen and oxygen atoms in total. The first-order valence-electron chi connectivity index (χ1n) is 6.90. The minimum absolute atomic E-state index is 0.154. The highest BCUT2D eigenvalue weighted by molar-refractivity contribution is 7.98. The highest BCUT2D eigenvalue weighted by atomic mass is 32.2. The summed E-state index contributed by atoms with van der Waals surface area (Å²) in [6.45, 7) is 7.26. The van der Waals surface area contributed by atoms with Crippen molar-refractivity contribution in [2.24, 2.45) is 5.92 Å². The minimum atomic E-state index is 0.154. The number of hydrogen-bond donors (Lipinski definition) is 1. The summed E-state index contributed by atoms with van der Waals surface area (Å²) >= 11 is 7.35. The summed E-state index contributed by atoms with van der Waals surface area (Å²) in [4.78, 5) is 3.29. The summed E-state index contributed by atoms with van der Waals surface area (Å²) in [5, 5.41) is 0. The van der Waals surface area contributed by atoms with Crippen molar-refractivity contribution in [2.75, 3.05) is 12.0 Å². The smallest absolute Gasteiger partial charge is 0.178 e. The van der Waals surface area contributed by atoms with Crippen molar-refractivity contribution in [3.05, 3.63) is 23.0 Å². The van der Waals surface area contributed by atoms with E-state index in [0.717, 1.165) is 33.9 Å². The summed E-state index contributed by atoms with van der Waals surface area (Å²) < 4.78 is 8.80. The minimum Gasteiger partial charge on any atom is -0.489 e. The van der Waals surface area contributed by atoms with Gasteiger partial charge in [0.2, 0.25) is 0 Å². The van der Waals surface area contributed by atoms with E-state index in [4.69, 9.17) is 17.0 Å². The number of fused-ring (bicyclic) bond motifs is 1.